The summed E-state index contributed by atoms with van der Waals surface area (Å²) in [6.45, 7) is 12.0. The van der Waals surface area contributed by atoms with E-state index in [2.05, 4.69) is 0 Å². The van der Waals surface area contributed by atoms with Gasteiger partial charge in [0.2, 0.25) is 0 Å². The predicted molar refractivity (Wildman–Crippen MR) is 78.2 cm³/mol. The smallest absolute Gasteiger partial charge is 0.339 e. The number of phenols is 1. The van der Waals surface area contributed by atoms with Gasteiger partial charge >= 0.3 is 5.97 Å². The first-order chi connectivity index (χ1) is 7.94. The first-order valence-electron chi connectivity index (χ1n) is 6.06. The number of carboxylic acid groups (broad SMARTS) is 1. The molecule has 1 radical (unpaired) electrons. The molecule has 2 N–H and O–H groups in total. The number of hydrogen-bond acceptors (Lipinski definition) is 2. The van der Waals surface area contributed by atoms with Crippen LogP contribution >= 0.6 is 0 Å². The number of rotatable bonds is 1. The molecule has 0 amide bonds. The standard InChI is InChI=1S/C15H22O3.Na/c1-14(2,3)9-7-10(13(17)18)12(16)11(8-9)15(4,5)6;/h7-8,16H,1-6H3,(H,17,18);. The fraction of sp³-hybridized carbons (Fsp3) is 0.533. The molecule has 0 bridgehead atoms. The van der Waals surface area contributed by atoms with Gasteiger partial charge in [-0.05, 0) is 22.5 Å². The molecule has 0 atom stereocenters. The minimum atomic E-state index is -1.09. The maximum absolute atomic E-state index is 11.2. The molecule has 1 rings (SSSR count). The molecular formula is C15H22NaO3. The van der Waals surface area contributed by atoms with Crippen LogP contribution in [-0.4, -0.2) is 45.7 Å². The van der Waals surface area contributed by atoms with E-state index in [1.54, 1.807) is 6.07 Å². The summed E-state index contributed by atoms with van der Waals surface area (Å²) >= 11 is 0. The van der Waals surface area contributed by atoms with Crippen LogP contribution in [0.5, 0.6) is 5.75 Å². The van der Waals surface area contributed by atoms with E-state index in [0.29, 0.717) is 5.56 Å². The molecule has 0 unspecified atom stereocenters. The molecule has 3 nitrogen and oxygen atoms in total. The van der Waals surface area contributed by atoms with Gasteiger partial charge in [0.1, 0.15) is 11.3 Å². The van der Waals surface area contributed by atoms with Gasteiger partial charge in [-0.15, -0.1) is 0 Å². The quantitative estimate of drug-likeness (QED) is 0.772. The summed E-state index contributed by atoms with van der Waals surface area (Å²) in [5, 5.41) is 19.3. The molecule has 1 aromatic rings. The minimum absolute atomic E-state index is 0. The zero-order chi connectivity index (χ0) is 14.3. The molecule has 0 aliphatic rings. The monoisotopic (exact) mass is 273 g/mol. The van der Waals surface area contributed by atoms with Crippen LogP contribution in [0.2, 0.25) is 0 Å². The van der Waals surface area contributed by atoms with Crippen LogP contribution in [0.3, 0.4) is 0 Å². The molecule has 0 spiro atoms. The third-order valence-electron chi connectivity index (χ3n) is 3.01. The number of hydrogen-bond donors (Lipinski definition) is 2. The van der Waals surface area contributed by atoms with Gasteiger partial charge in [0.05, 0.1) is 0 Å². The summed E-state index contributed by atoms with van der Waals surface area (Å²) < 4.78 is 0. The number of benzene rings is 1. The Hall–Kier alpha value is -0.510. The first-order valence-corrected chi connectivity index (χ1v) is 6.06. The molecule has 0 saturated carbocycles. The normalized spacial score (nSPS) is 11.9. The zero-order valence-corrected chi connectivity index (χ0v) is 15.0. The van der Waals surface area contributed by atoms with Crippen LogP contribution in [0.1, 0.15) is 63.0 Å². The van der Waals surface area contributed by atoms with Gasteiger partial charge in [-0.1, -0.05) is 47.6 Å². The fourth-order valence-corrected chi connectivity index (χ4v) is 1.80. The van der Waals surface area contributed by atoms with Crippen molar-refractivity contribution < 1.29 is 15.0 Å². The number of carboxylic acids is 1. The van der Waals surface area contributed by atoms with E-state index in [9.17, 15) is 15.0 Å². The molecular weight excluding hydrogens is 251 g/mol. The average molecular weight is 273 g/mol. The van der Waals surface area contributed by atoms with E-state index >= 15 is 0 Å². The van der Waals surface area contributed by atoms with E-state index in [4.69, 9.17) is 0 Å². The Morgan fingerprint density at radius 1 is 1.00 bits per heavy atom. The molecule has 1 aromatic carbocycles. The van der Waals surface area contributed by atoms with Crippen LogP contribution < -0.4 is 0 Å². The van der Waals surface area contributed by atoms with Gasteiger partial charge in [0.25, 0.3) is 0 Å². The predicted octanol–water partition coefficient (Wildman–Crippen LogP) is 3.30. The summed E-state index contributed by atoms with van der Waals surface area (Å²) in [7, 11) is 0. The van der Waals surface area contributed by atoms with Crippen molar-refractivity contribution >= 4 is 35.5 Å². The Balaban J connectivity index is 0.00000324. The maximum atomic E-state index is 11.2. The summed E-state index contributed by atoms with van der Waals surface area (Å²) in [4.78, 5) is 11.2. The summed E-state index contributed by atoms with van der Waals surface area (Å²) in [5.74, 6) is -1.22. The molecule has 0 saturated heterocycles. The summed E-state index contributed by atoms with van der Waals surface area (Å²) in [5.41, 5.74) is 1.12. The van der Waals surface area contributed by atoms with Crippen LogP contribution in [0, 0.1) is 0 Å². The Morgan fingerprint density at radius 2 is 1.47 bits per heavy atom. The van der Waals surface area contributed by atoms with Crippen LogP contribution in [0.4, 0.5) is 0 Å². The topological polar surface area (TPSA) is 57.5 Å². The Bertz CT molecular complexity index is 479. The van der Waals surface area contributed by atoms with Gasteiger partial charge in [0.15, 0.2) is 0 Å². The fourth-order valence-electron chi connectivity index (χ4n) is 1.80. The van der Waals surface area contributed by atoms with E-state index < -0.39 is 5.97 Å². The average Bonchev–Trinajstić information content (AvgIpc) is 2.13. The molecule has 0 heterocycles. The molecule has 101 valence electrons. The van der Waals surface area contributed by atoms with E-state index in [1.807, 2.05) is 47.6 Å². The van der Waals surface area contributed by atoms with E-state index in [-0.39, 0.29) is 51.7 Å². The third-order valence-corrected chi connectivity index (χ3v) is 3.01. The van der Waals surface area contributed by atoms with Crippen LogP contribution in [0.25, 0.3) is 0 Å². The molecule has 0 aliphatic heterocycles. The van der Waals surface area contributed by atoms with Crippen molar-refractivity contribution in [3.8, 4) is 5.75 Å². The van der Waals surface area contributed by atoms with Gasteiger partial charge in [-0.3, -0.25) is 0 Å². The van der Waals surface area contributed by atoms with Crippen molar-refractivity contribution in [2.75, 3.05) is 0 Å². The third kappa shape index (κ3) is 4.23. The Morgan fingerprint density at radius 3 is 1.79 bits per heavy atom. The molecule has 4 heteroatoms. The van der Waals surface area contributed by atoms with Crippen LogP contribution in [0.15, 0.2) is 12.1 Å². The van der Waals surface area contributed by atoms with Crippen molar-refractivity contribution in [3.05, 3.63) is 28.8 Å². The van der Waals surface area contributed by atoms with Crippen molar-refractivity contribution in [1.29, 1.82) is 0 Å². The Kier molecular flexibility index (Phi) is 5.70. The summed E-state index contributed by atoms with van der Waals surface area (Å²) in [6, 6.07) is 3.47. The molecule has 19 heavy (non-hydrogen) atoms. The van der Waals surface area contributed by atoms with Crippen molar-refractivity contribution in [3.63, 3.8) is 0 Å². The first kappa shape index (κ1) is 18.5. The SMILES string of the molecule is CC(C)(C)c1cc(C(=O)O)c(O)c(C(C)(C)C)c1.[Na]. The van der Waals surface area contributed by atoms with Crippen molar-refractivity contribution in [2.24, 2.45) is 0 Å². The largest absolute Gasteiger partial charge is 0.507 e. The molecule has 0 aliphatic carbocycles. The summed E-state index contributed by atoms with van der Waals surface area (Å²) in [6.07, 6.45) is 0. The van der Waals surface area contributed by atoms with Gasteiger partial charge in [-0.25, -0.2) is 4.79 Å². The second-order valence-corrected chi connectivity index (χ2v) is 6.73. The van der Waals surface area contributed by atoms with Crippen molar-refractivity contribution in [1.82, 2.24) is 0 Å². The maximum Gasteiger partial charge on any atom is 0.339 e. The van der Waals surface area contributed by atoms with Crippen LogP contribution in [-0.2, 0) is 10.8 Å². The van der Waals surface area contributed by atoms with Gasteiger partial charge in [0, 0.05) is 35.1 Å². The molecule has 0 aromatic heterocycles. The second kappa shape index (κ2) is 5.86. The van der Waals surface area contributed by atoms with Crippen molar-refractivity contribution in [2.45, 2.75) is 52.4 Å². The van der Waals surface area contributed by atoms with Gasteiger partial charge < -0.3 is 10.2 Å². The zero-order valence-electron chi connectivity index (χ0n) is 13.0. The van der Waals surface area contributed by atoms with Gasteiger partial charge in [-0.2, -0.15) is 0 Å². The Labute approximate surface area is 137 Å². The number of carbonyl (C=O) groups is 1. The van der Waals surface area contributed by atoms with E-state index in [1.165, 1.54) is 0 Å². The number of aromatic carboxylic acids is 1. The van der Waals surface area contributed by atoms with E-state index in [0.717, 1.165) is 5.56 Å². The minimum Gasteiger partial charge on any atom is -0.507 e. The molecule has 0 fully saturated rings. The second-order valence-electron chi connectivity index (χ2n) is 6.73. The number of aromatic hydroxyl groups is 1.